The Labute approximate surface area is 598 Å². The van der Waals surface area contributed by atoms with Crippen molar-refractivity contribution in [2.45, 2.75) is 187 Å². The van der Waals surface area contributed by atoms with E-state index < -0.39 is 72.2 Å². The minimum Gasteiger partial charge on any atom is -0.493 e. The van der Waals surface area contributed by atoms with Crippen molar-refractivity contribution in [1.29, 1.82) is 0 Å². The van der Waals surface area contributed by atoms with Gasteiger partial charge in [0.15, 0.2) is 48.0 Å². The third kappa shape index (κ3) is 21.9. The molecule has 0 radical (unpaired) electrons. The van der Waals surface area contributed by atoms with Gasteiger partial charge in [0.05, 0.1) is 108 Å². The summed E-state index contributed by atoms with van der Waals surface area (Å²) in [6.07, 6.45) is -0.0283. The fraction of sp³-hybridized carbons (Fsp3) is 0.600. The van der Waals surface area contributed by atoms with Crippen LogP contribution in [0.1, 0.15) is 158 Å². The highest BCUT2D eigenvalue weighted by Gasteiger charge is 2.51. The van der Waals surface area contributed by atoms with Crippen LogP contribution < -0.4 is 39.4 Å². The van der Waals surface area contributed by atoms with Gasteiger partial charge in [0.2, 0.25) is 5.91 Å². The van der Waals surface area contributed by atoms with E-state index >= 15 is 0 Å². The highest BCUT2D eigenvalue weighted by atomic mass is 16.7. The molecule has 0 saturated carbocycles. The summed E-state index contributed by atoms with van der Waals surface area (Å²) >= 11 is 0. The largest absolute Gasteiger partial charge is 0.493 e. The highest BCUT2D eigenvalue weighted by Crippen LogP contribution is 2.46. The van der Waals surface area contributed by atoms with Crippen molar-refractivity contribution < 1.29 is 99.8 Å². The first-order valence-electron chi connectivity index (χ1n) is 35.1. The van der Waals surface area contributed by atoms with Crippen molar-refractivity contribution in [2.24, 2.45) is 0 Å². The number of carbonyl (C=O) groups excluding carboxylic acids is 6. The van der Waals surface area contributed by atoms with E-state index in [1.807, 2.05) is 18.2 Å². The van der Waals surface area contributed by atoms with Crippen LogP contribution in [0.15, 0.2) is 66.8 Å². The third-order valence-electron chi connectivity index (χ3n) is 16.8. The van der Waals surface area contributed by atoms with Gasteiger partial charge in [0.25, 0.3) is 11.8 Å². The molecule has 27 nitrogen and oxygen atoms in total. The molecule has 6 amide bonds. The van der Waals surface area contributed by atoms with Gasteiger partial charge >= 0.3 is 18.3 Å². The van der Waals surface area contributed by atoms with Gasteiger partial charge in [-0.25, -0.2) is 24.2 Å². The Balaban J connectivity index is 0.938. The number of amides is 6. The predicted octanol–water partition coefficient (Wildman–Crippen LogP) is 10.1. The van der Waals surface area contributed by atoms with Crippen molar-refractivity contribution in [1.82, 2.24) is 20.4 Å². The number of nitrogens with zero attached hydrogens (tertiary/aromatic N) is 4. The maximum absolute atomic E-state index is 14.8. The summed E-state index contributed by atoms with van der Waals surface area (Å²) in [7, 11) is 2.91. The Bertz CT molecular complexity index is 3340. The van der Waals surface area contributed by atoms with Crippen LogP contribution in [0, 0.1) is 11.8 Å². The van der Waals surface area contributed by atoms with Gasteiger partial charge in [0.1, 0.15) is 30.0 Å². The van der Waals surface area contributed by atoms with E-state index in [0.29, 0.717) is 102 Å². The summed E-state index contributed by atoms with van der Waals surface area (Å²) in [4.78, 5) is 90.1. The number of rotatable bonds is 28. The van der Waals surface area contributed by atoms with Crippen LogP contribution >= 0.6 is 0 Å². The van der Waals surface area contributed by atoms with Crippen LogP contribution in [0.5, 0.6) is 23.0 Å². The monoisotopic (exact) mass is 1420 g/mol. The smallest absolute Gasteiger partial charge is 0.417 e. The number of carbonyl (C=O) groups is 6. The molecule has 102 heavy (non-hydrogen) atoms. The Morgan fingerprint density at radius 2 is 0.990 bits per heavy atom. The third-order valence-corrected chi connectivity index (χ3v) is 16.8. The van der Waals surface area contributed by atoms with E-state index in [2.05, 4.69) is 35.6 Å². The van der Waals surface area contributed by atoms with Crippen molar-refractivity contribution in [3.05, 3.63) is 94.6 Å². The molecule has 558 valence electrons. The van der Waals surface area contributed by atoms with E-state index in [1.54, 1.807) is 96.4 Å². The molecule has 0 aliphatic carbocycles. The number of anilines is 2. The first-order chi connectivity index (χ1) is 48.6. The molecule has 4 saturated heterocycles. The van der Waals surface area contributed by atoms with Gasteiger partial charge in [-0.3, -0.25) is 14.4 Å². The van der Waals surface area contributed by atoms with E-state index in [4.69, 9.17) is 71.1 Å². The van der Waals surface area contributed by atoms with Gasteiger partial charge < -0.3 is 91.5 Å². The topological polar surface area (TPSA) is 278 Å². The van der Waals surface area contributed by atoms with Crippen molar-refractivity contribution in [3.63, 3.8) is 0 Å². The summed E-state index contributed by atoms with van der Waals surface area (Å²) in [6, 6.07) is 10.5. The molecular formula is C75H102N6O21. The fourth-order valence-electron chi connectivity index (χ4n) is 12.4. The first kappa shape index (κ1) is 77.9. The molecule has 6 heterocycles. The summed E-state index contributed by atoms with van der Waals surface area (Å²) in [5.74, 6) is 6.00. The number of fused-ring (bicyclic) bond motifs is 4. The average molecular weight is 1420 g/mol. The van der Waals surface area contributed by atoms with Gasteiger partial charge in [-0.2, -0.15) is 0 Å². The minimum atomic E-state index is -1.05. The number of nitrogens with one attached hydrogen (secondary N) is 2. The zero-order valence-electron chi connectivity index (χ0n) is 61.0. The maximum atomic E-state index is 14.8. The number of alkyl carbamates (subject to hydrolysis) is 1. The average Bonchev–Trinajstić information content (AvgIpc) is 1.59. The molecular weight excluding hydrogens is 1320 g/mol. The number of benzene rings is 3. The van der Waals surface area contributed by atoms with Crippen LogP contribution in [0.2, 0.25) is 0 Å². The summed E-state index contributed by atoms with van der Waals surface area (Å²) in [5.41, 5.74) is 1.51. The van der Waals surface area contributed by atoms with Crippen LogP contribution in [0.4, 0.5) is 25.8 Å². The van der Waals surface area contributed by atoms with Crippen molar-refractivity contribution in [2.75, 3.05) is 116 Å². The quantitative estimate of drug-likeness (QED) is 0.0296. The Hall–Kier alpha value is -8.20. The molecule has 2 N–H and O–H groups in total. The maximum Gasteiger partial charge on any atom is 0.417 e. The molecule has 0 aromatic heterocycles. The molecule has 9 rings (SSSR count). The molecule has 27 heteroatoms. The second-order valence-electron chi connectivity index (χ2n) is 28.6. The lowest BCUT2D eigenvalue weighted by Gasteiger charge is -2.39. The van der Waals surface area contributed by atoms with Crippen LogP contribution in [0.3, 0.4) is 0 Å². The summed E-state index contributed by atoms with van der Waals surface area (Å²) in [5, 5.41) is 5.47. The number of ether oxygens (including phenoxy) is 15. The lowest BCUT2D eigenvalue weighted by molar-refractivity contribution is -0.196. The molecule has 4 fully saturated rings. The lowest BCUT2D eigenvalue weighted by atomic mass is 10.1. The van der Waals surface area contributed by atoms with E-state index in [1.165, 1.54) is 24.0 Å². The normalized spacial score (nSPS) is 20.6. The van der Waals surface area contributed by atoms with Crippen LogP contribution in [-0.4, -0.2) is 206 Å². The van der Waals surface area contributed by atoms with Gasteiger partial charge in [-0.15, -0.1) is 0 Å². The fourth-order valence-corrected chi connectivity index (χ4v) is 12.4. The zero-order valence-corrected chi connectivity index (χ0v) is 61.0. The predicted molar refractivity (Wildman–Crippen MR) is 375 cm³/mol. The molecule has 3 aromatic carbocycles. The second-order valence-corrected chi connectivity index (χ2v) is 28.6. The standard InChI is InChI=1S/C75H102N6O21/c1-48-35-57-68(98-64-20-14-16-25-94-64)80(71(86)101-74(6,7)8)55-42-61(59(88-12)40-53(55)66(83)78(57)44-48)96-46-51-37-50(19-18-23-76-63(82)22-27-90-29-31-92-33-34-93-32-30-91-28-24-77-70(85)100-73(3,4)5)38-52(39-51)47-97-62-43-56-54(41-60(62)89-13)67(84)79-45-49(2)36-58(79)69(99-65-21-15-17-26-95-65)81(56)72(87)102-75(9,10)11/h37-43,57-58,64-65,68-69H,1-2,14-17,20-36,44-47H2,3-13H3,(H,76,82)(H,77,85)/t57-,58-,64?,65?,68-,69?/m0/s1. The van der Waals surface area contributed by atoms with Gasteiger partial charge in [-0.1, -0.05) is 36.1 Å². The molecule has 0 bridgehead atoms. The van der Waals surface area contributed by atoms with Crippen LogP contribution in [-0.2, 0) is 70.1 Å². The second kappa shape index (κ2) is 35.8. The van der Waals surface area contributed by atoms with Crippen molar-refractivity contribution in [3.8, 4) is 34.8 Å². The molecule has 3 unspecified atom stereocenters. The number of hydrogen-bond donors (Lipinski definition) is 2. The number of methoxy groups -OCH3 is 2. The molecule has 6 aliphatic heterocycles. The molecule has 6 aliphatic rings. The van der Waals surface area contributed by atoms with E-state index in [0.717, 1.165) is 36.8 Å². The molecule has 3 aromatic rings. The van der Waals surface area contributed by atoms with Gasteiger partial charge in [-0.05, 0) is 155 Å². The SMILES string of the molecule is C=C1C[C@H]2C(OC3CCCCO3)N(C(=O)OC(C)(C)C)c3cc(OCc4cc(C#CCNC(=O)CCOCCOCCOCCOCCNC(=O)OC(C)(C)C)cc(COc5cc6c(cc5OC)C(=O)N5CC(=C)C[C@H]5[C@H](OC5CCCCO5)N6C(=O)OC(C)(C)C)c4)c(OC)cc3C(=O)N2C1. The Kier molecular flexibility index (Phi) is 27.4. The minimum absolute atomic E-state index is 0.00510. The summed E-state index contributed by atoms with van der Waals surface area (Å²) < 4.78 is 90.6. The zero-order chi connectivity index (χ0) is 73.3. The van der Waals surface area contributed by atoms with Crippen LogP contribution in [0.25, 0.3) is 0 Å². The lowest BCUT2D eigenvalue weighted by Crippen LogP contribution is -2.54. The van der Waals surface area contributed by atoms with Gasteiger partial charge in [0, 0.05) is 57.0 Å². The van der Waals surface area contributed by atoms with E-state index in [9.17, 15) is 28.8 Å². The molecule has 6 atom stereocenters. The highest BCUT2D eigenvalue weighted by molar-refractivity contribution is 6.07. The van der Waals surface area contributed by atoms with E-state index in [-0.39, 0.29) is 116 Å². The Morgan fingerprint density at radius 1 is 0.549 bits per heavy atom. The molecule has 0 spiro atoms. The van der Waals surface area contributed by atoms with Crippen molar-refractivity contribution >= 4 is 47.4 Å². The summed E-state index contributed by atoms with van der Waals surface area (Å²) in [6.45, 7) is 28.4. The first-order valence-corrected chi connectivity index (χ1v) is 35.1. The Morgan fingerprint density at radius 3 is 1.41 bits per heavy atom. The number of hydrogen-bond acceptors (Lipinski definition) is 21.